The third-order valence-electron chi connectivity index (χ3n) is 2.76. The number of carbonyl (C=O) groups excluding carboxylic acids is 1. The van der Waals surface area contributed by atoms with E-state index in [1.165, 1.54) is 6.20 Å². The van der Waals surface area contributed by atoms with Gasteiger partial charge in [0.05, 0.1) is 23.5 Å². The summed E-state index contributed by atoms with van der Waals surface area (Å²) in [6.45, 7) is 5.99. The van der Waals surface area contributed by atoms with Crippen molar-refractivity contribution in [3.63, 3.8) is 0 Å². The smallest absolute Gasteiger partial charge is 0.271 e. The van der Waals surface area contributed by atoms with Gasteiger partial charge >= 0.3 is 0 Å². The summed E-state index contributed by atoms with van der Waals surface area (Å²) in [5.74, 6) is 1.02. The van der Waals surface area contributed by atoms with E-state index in [0.29, 0.717) is 18.2 Å². The molecule has 2 aromatic heterocycles. The molecule has 2 rings (SSSR count). The summed E-state index contributed by atoms with van der Waals surface area (Å²) >= 11 is 5.99. The highest BCUT2D eigenvalue weighted by Crippen LogP contribution is 2.16. The quantitative estimate of drug-likeness (QED) is 0.937. The van der Waals surface area contributed by atoms with Gasteiger partial charge in [-0.05, 0) is 13.0 Å². The molecule has 2 heterocycles. The van der Waals surface area contributed by atoms with Crippen LogP contribution in [0.15, 0.2) is 18.5 Å². The van der Waals surface area contributed by atoms with Gasteiger partial charge in [0, 0.05) is 12.1 Å². The molecule has 0 saturated carbocycles. The minimum atomic E-state index is -0.347. The number of carbonyl (C=O) groups is 1. The molecule has 0 aliphatic heterocycles. The maximum Gasteiger partial charge on any atom is 0.271 e. The van der Waals surface area contributed by atoms with Crippen LogP contribution in [0.25, 0.3) is 0 Å². The molecule has 0 saturated heterocycles. The Morgan fingerprint density at radius 2 is 2.10 bits per heavy atom. The third kappa shape index (κ3) is 3.95. The SMILES string of the molecule is Cc1nccc(CNC(=O)c2nc(C(C)C)ncc2Cl)n1. The zero-order valence-electron chi connectivity index (χ0n) is 12.1. The Hall–Kier alpha value is -2.08. The number of aryl methyl sites for hydroxylation is 1. The number of nitrogens with zero attached hydrogens (tertiary/aromatic N) is 4. The fraction of sp³-hybridized carbons (Fsp3) is 0.357. The average molecular weight is 306 g/mol. The van der Waals surface area contributed by atoms with Gasteiger partial charge in [0.2, 0.25) is 0 Å². The lowest BCUT2D eigenvalue weighted by atomic mass is 10.2. The van der Waals surface area contributed by atoms with Crippen molar-refractivity contribution in [2.45, 2.75) is 33.2 Å². The summed E-state index contributed by atoms with van der Waals surface area (Å²) in [4.78, 5) is 28.7. The second-order valence-electron chi connectivity index (χ2n) is 4.86. The number of aromatic nitrogens is 4. The Morgan fingerprint density at radius 1 is 1.33 bits per heavy atom. The van der Waals surface area contributed by atoms with Gasteiger partial charge in [-0.15, -0.1) is 0 Å². The van der Waals surface area contributed by atoms with Crippen LogP contribution in [0, 0.1) is 6.92 Å². The molecular formula is C14H16ClN5O. The van der Waals surface area contributed by atoms with E-state index in [1.807, 2.05) is 13.8 Å². The van der Waals surface area contributed by atoms with Gasteiger partial charge in [0.25, 0.3) is 5.91 Å². The molecule has 0 atom stereocenters. The molecule has 0 radical (unpaired) electrons. The second kappa shape index (κ2) is 6.58. The number of rotatable bonds is 4. The Balaban J connectivity index is 2.11. The highest BCUT2D eigenvalue weighted by atomic mass is 35.5. The lowest BCUT2D eigenvalue weighted by Crippen LogP contribution is -2.25. The van der Waals surface area contributed by atoms with E-state index in [0.717, 1.165) is 5.69 Å². The lowest BCUT2D eigenvalue weighted by molar-refractivity contribution is 0.0945. The number of amides is 1. The van der Waals surface area contributed by atoms with Crippen LogP contribution in [0.1, 0.15) is 47.6 Å². The Labute approximate surface area is 128 Å². The van der Waals surface area contributed by atoms with Crippen molar-refractivity contribution in [1.82, 2.24) is 25.3 Å². The Bertz CT molecular complexity index is 660. The maximum atomic E-state index is 12.2. The topological polar surface area (TPSA) is 80.7 Å². The van der Waals surface area contributed by atoms with Gasteiger partial charge in [0.1, 0.15) is 17.3 Å². The number of hydrogen-bond donors (Lipinski definition) is 1. The summed E-state index contributed by atoms with van der Waals surface area (Å²) in [6.07, 6.45) is 3.10. The first kappa shape index (κ1) is 15.3. The summed E-state index contributed by atoms with van der Waals surface area (Å²) in [7, 11) is 0. The Kier molecular flexibility index (Phi) is 4.80. The molecule has 0 fully saturated rings. The normalized spacial score (nSPS) is 10.7. The third-order valence-corrected chi connectivity index (χ3v) is 3.03. The molecule has 110 valence electrons. The van der Waals surface area contributed by atoms with Gasteiger partial charge < -0.3 is 5.32 Å². The molecule has 0 bridgehead atoms. The predicted octanol–water partition coefficient (Wildman–Crippen LogP) is 2.28. The molecule has 1 amide bonds. The monoisotopic (exact) mass is 305 g/mol. The zero-order valence-corrected chi connectivity index (χ0v) is 12.8. The predicted molar refractivity (Wildman–Crippen MR) is 79.1 cm³/mol. The van der Waals surface area contributed by atoms with Gasteiger partial charge in [-0.1, -0.05) is 25.4 Å². The first-order valence-electron chi connectivity index (χ1n) is 6.56. The Morgan fingerprint density at radius 3 is 2.76 bits per heavy atom. The zero-order chi connectivity index (χ0) is 15.4. The maximum absolute atomic E-state index is 12.2. The summed E-state index contributed by atoms with van der Waals surface area (Å²) in [5, 5.41) is 2.98. The lowest BCUT2D eigenvalue weighted by Gasteiger charge is -2.09. The van der Waals surface area contributed by atoms with Crippen LogP contribution in [0.3, 0.4) is 0 Å². The summed E-state index contributed by atoms with van der Waals surface area (Å²) < 4.78 is 0. The highest BCUT2D eigenvalue weighted by molar-refractivity contribution is 6.33. The first-order valence-corrected chi connectivity index (χ1v) is 6.94. The summed E-state index contributed by atoms with van der Waals surface area (Å²) in [6, 6.07) is 1.74. The first-order chi connectivity index (χ1) is 9.97. The molecule has 1 N–H and O–H groups in total. The molecule has 0 aliphatic carbocycles. The van der Waals surface area contributed by atoms with Crippen LogP contribution in [-0.2, 0) is 6.54 Å². The van der Waals surface area contributed by atoms with Crippen molar-refractivity contribution in [3.8, 4) is 0 Å². The van der Waals surface area contributed by atoms with Crippen molar-refractivity contribution in [2.24, 2.45) is 0 Å². The van der Waals surface area contributed by atoms with E-state index < -0.39 is 0 Å². The molecular weight excluding hydrogens is 290 g/mol. The molecule has 0 spiro atoms. The van der Waals surface area contributed by atoms with Crippen LogP contribution >= 0.6 is 11.6 Å². The van der Waals surface area contributed by atoms with E-state index >= 15 is 0 Å². The van der Waals surface area contributed by atoms with Gasteiger partial charge in [0.15, 0.2) is 0 Å². The molecule has 6 nitrogen and oxygen atoms in total. The minimum Gasteiger partial charge on any atom is -0.345 e. The fourth-order valence-corrected chi connectivity index (χ4v) is 1.85. The van der Waals surface area contributed by atoms with Gasteiger partial charge in [-0.3, -0.25) is 4.79 Å². The van der Waals surface area contributed by atoms with E-state index in [2.05, 4.69) is 25.3 Å². The van der Waals surface area contributed by atoms with Crippen molar-refractivity contribution in [2.75, 3.05) is 0 Å². The van der Waals surface area contributed by atoms with Gasteiger partial charge in [-0.25, -0.2) is 19.9 Å². The molecule has 0 unspecified atom stereocenters. The van der Waals surface area contributed by atoms with Gasteiger partial charge in [-0.2, -0.15) is 0 Å². The van der Waals surface area contributed by atoms with E-state index in [-0.39, 0.29) is 22.5 Å². The summed E-state index contributed by atoms with van der Waals surface area (Å²) in [5.41, 5.74) is 0.909. The van der Waals surface area contributed by atoms with Crippen molar-refractivity contribution >= 4 is 17.5 Å². The molecule has 0 aromatic carbocycles. The fourth-order valence-electron chi connectivity index (χ4n) is 1.68. The largest absolute Gasteiger partial charge is 0.345 e. The number of halogens is 1. The van der Waals surface area contributed by atoms with Crippen LogP contribution in [0.4, 0.5) is 0 Å². The van der Waals surface area contributed by atoms with Crippen LogP contribution in [0.5, 0.6) is 0 Å². The van der Waals surface area contributed by atoms with Crippen LogP contribution < -0.4 is 5.32 Å². The van der Waals surface area contributed by atoms with Crippen LogP contribution in [-0.4, -0.2) is 25.8 Å². The average Bonchev–Trinajstić information content (AvgIpc) is 2.45. The van der Waals surface area contributed by atoms with E-state index in [4.69, 9.17) is 11.6 Å². The number of hydrogen-bond acceptors (Lipinski definition) is 5. The van der Waals surface area contributed by atoms with Crippen molar-refractivity contribution < 1.29 is 4.79 Å². The highest BCUT2D eigenvalue weighted by Gasteiger charge is 2.15. The van der Waals surface area contributed by atoms with Crippen molar-refractivity contribution in [1.29, 1.82) is 0 Å². The van der Waals surface area contributed by atoms with E-state index in [9.17, 15) is 4.79 Å². The molecule has 2 aromatic rings. The molecule has 7 heteroatoms. The molecule has 21 heavy (non-hydrogen) atoms. The standard InChI is InChI=1S/C14H16ClN5O/c1-8(2)13-17-7-11(15)12(20-13)14(21)18-6-10-4-5-16-9(3)19-10/h4-5,7-8H,6H2,1-3H3,(H,18,21). The van der Waals surface area contributed by atoms with E-state index in [1.54, 1.807) is 19.2 Å². The van der Waals surface area contributed by atoms with Crippen LogP contribution in [0.2, 0.25) is 5.02 Å². The van der Waals surface area contributed by atoms with Crippen molar-refractivity contribution in [3.05, 3.63) is 46.5 Å². The minimum absolute atomic E-state index is 0.123. The number of nitrogens with one attached hydrogen (secondary N) is 1. The second-order valence-corrected chi connectivity index (χ2v) is 5.26. The molecule has 0 aliphatic rings.